The average molecular weight is 365 g/mol. The van der Waals surface area contributed by atoms with Crippen molar-refractivity contribution < 1.29 is 18.0 Å². The van der Waals surface area contributed by atoms with Crippen molar-refractivity contribution in [1.82, 2.24) is 10.3 Å². The van der Waals surface area contributed by atoms with Gasteiger partial charge in [-0.25, -0.2) is 4.98 Å². The number of carbonyl (C=O) groups excluding carboxylic acids is 1. The van der Waals surface area contributed by atoms with Crippen LogP contribution in [0.2, 0.25) is 5.02 Å². The molecule has 25 heavy (non-hydrogen) atoms. The normalized spacial score (nSPS) is 11.5. The second-order valence-electron chi connectivity index (χ2n) is 5.38. The summed E-state index contributed by atoms with van der Waals surface area (Å²) in [5.41, 5.74) is 1.85. The smallest absolute Gasteiger partial charge is 0.343 e. The van der Waals surface area contributed by atoms with Gasteiger partial charge in [-0.2, -0.15) is 13.2 Å². The number of alkyl halides is 3. The lowest BCUT2D eigenvalue weighted by atomic mass is 10.0. The zero-order valence-corrected chi connectivity index (χ0v) is 13.5. The van der Waals surface area contributed by atoms with E-state index in [9.17, 15) is 18.0 Å². The number of pyridine rings is 1. The Morgan fingerprint density at radius 1 is 1.08 bits per heavy atom. The minimum atomic E-state index is -4.47. The van der Waals surface area contributed by atoms with Gasteiger partial charge in [-0.15, -0.1) is 0 Å². The SMILES string of the molecule is O=C(NCC(F)(F)F)c1cc(-c2ccc(Cl)cc2)nc2ccccc12. The first-order valence-electron chi connectivity index (χ1n) is 7.34. The van der Waals surface area contributed by atoms with Crippen molar-refractivity contribution in [2.24, 2.45) is 0 Å². The highest BCUT2D eigenvalue weighted by molar-refractivity contribution is 6.30. The molecule has 1 amide bonds. The molecule has 0 radical (unpaired) electrons. The fourth-order valence-electron chi connectivity index (χ4n) is 2.41. The Bertz CT molecular complexity index is 924. The van der Waals surface area contributed by atoms with Crippen molar-refractivity contribution >= 4 is 28.4 Å². The van der Waals surface area contributed by atoms with Gasteiger partial charge < -0.3 is 5.32 Å². The van der Waals surface area contributed by atoms with Crippen LogP contribution in [0.5, 0.6) is 0 Å². The summed E-state index contributed by atoms with van der Waals surface area (Å²) < 4.78 is 37.2. The van der Waals surface area contributed by atoms with Crippen molar-refractivity contribution in [2.75, 3.05) is 6.54 Å². The fourth-order valence-corrected chi connectivity index (χ4v) is 2.53. The van der Waals surface area contributed by atoms with Gasteiger partial charge in [-0.3, -0.25) is 4.79 Å². The van der Waals surface area contributed by atoms with E-state index in [0.717, 1.165) is 0 Å². The van der Waals surface area contributed by atoms with Crippen molar-refractivity contribution in [3.63, 3.8) is 0 Å². The van der Waals surface area contributed by atoms with Gasteiger partial charge in [-0.05, 0) is 24.3 Å². The maximum Gasteiger partial charge on any atom is 0.405 e. The van der Waals surface area contributed by atoms with Gasteiger partial charge >= 0.3 is 6.18 Å². The first kappa shape index (κ1) is 17.2. The molecule has 0 spiro atoms. The quantitative estimate of drug-likeness (QED) is 0.722. The molecule has 0 aliphatic rings. The van der Waals surface area contributed by atoms with E-state index < -0.39 is 18.6 Å². The van der Waals surface area contributed by atoms with Crippen LogP contribution < -0.4 is 5.32 Å². The lowest BCUT2D eigenvalue weighted by molar-refractivity contribution is -0.123. The first-order valence-corrected chi connectivity index (χ1v) is 7.72. The molecule has 0 saturated carbocycles. The Morgan fingerprint density at radius 2 is 1.76 bits per heavy atom. The van der Waals surface area contributed by atoms with E-state index in [0.29, 0.717) is 27.2 Å². The number of hydrogen-bond acceptors (Lipinski definition) is 2. The minimum absolute atomic E-state index is 0.139. The number of nitrogens with zero attached hydrogens (tertiary/aromatic N) is 1. The second-order valence-corrected chi connectivity index (χ2v) is 5.81. The van der Waals surface area contributed by atoms with E-state index >= 15 is 0 Å². The van der Waals surface area contributed by atoms with Gasteiger partial charge in [0.2, 0.25) is 0 Å². The number of halogens is 4. The zero-order chi connectivity index (χ0) is 18.0. The molecule has 0 unspecified atom stereocenters. The number of nitrogens with one attached hydrogen (secondary N) is 1. The first-order chi connectivity index (χ1) is 11.8. The summed E-state index contributed by atoms with van der Waals surface area (Å²) in [6.45, 7) is -1.39. The molecule has 0 aliphatic carbocycles. The third-order valence-corrected chi connectivity index (χ3v) is 3.80. The molecule has 128 valence electrons. The van der Waals surface area contributed by atoms with E-state index in [1.807, 2.05) is 5.32 Å². The van der Waals surface area contributed by atoms with Crippen molar-refractivity contribution in [3.05, 3.63) is 65.2 Å². The Balaban J connectivity index is 2.06. The Hall–Kier alpha value is -2.60. The van der Waals surface area contributed by atoms with Gasteiger partial charge in [0.05, 0.1) is 16.8 Å². The Labute approximate surface area is 146 Å². The largest absolute Gasteiger partial charge is 0.405 e. The van der Waals surface area contributed by atoms with E-state index in [4.69, 9.17) is 11.6 Å². The number of amides is 1. The Kier molecular flexibility index (Phi) is 4.63. The average Bonchev–Trinajstić information content (AvgIpc) is 2.58. The lowest BCUT2D eigenvalue weighted by Crippen LogP contribution is -2.33. The summed E-state index contributed by atoms with van der Waals surface area (Å²) in [6, 6.07) is 15.1. The summed E-state index contributed by atoms with van der Waals surface area (Å²) in [4.78, 5) is 16.8. The minimum Gasteiger partial charge on any atom is -0.343 e. The van der Waals surface area contributed by atoms with Crippen molar-refractivity contribution in [3.8, 4) is 11.3 Å². The number of fused-ring (bicyclic) bond motifs is 1. The van der Waals surface area contributed by atoms with Crippen LogP contribution in [0.1, 0.15) is 10.4 Å². The van der Waals surface area contributed by atoms with Crippen molar-refractivity contribution in [2.45, 2.75) is 6.18 Å². The molecule has 1 heterocycles. The fraction of sp³-hybridized carbons (Fsp3) is 0.111. The van der Waals surface area contributed by atoms with Crippen LogP contribution in [-0.2, 0) is 0 Å². The molecule has 1 N–H and O–H groups in total. The summed E-state index contributed by atoms with van der Waals surface area (Å²) in [7, 11) is 0. The van der Waals surface area contributed by atoms with E-state index in [1.165, 1.54) is 6.07 Å². The highest BCUT2D eigenvalue weighted by Crippen LogP contribution is 2.26. The molecule has 0 aliphatic heterocycles. The monoisotopic (exact) mass is 364 g/mol. The summed E-state index contributed by atoms with van der Waals surface area (Å²) >= 11 is 5.87. The predicted molar refractivity (Wildman–Crippen MR) is 90.6 cm³/mol. The van der Waals surface area contributed by atoms with E-state index in [1.54, 1.807) is 48.5 Å². The number of hydrogen-bond donors (Lipinski definition) is 1. The molecule has 0 fully saturated rings. The molecule has 0 atom stereocenters. The molecule has 0 bridgehead atoms. The molecule has 7 heteroatoms. The highest BCUT2D eigenvalue weighted by Gasteiger charge is 2.28. The van der Waals surface area contributed by atoms with Crippen LogP contribution in [0.3, 0.4) is 0 Å². The zero-order valence-electron chi connectivity index (χ0n) is 12.8. The van der Waals surface area contributed by atoms with Crippen LogP contribution in [0, 0.1) is 0 Å². The van der Waals surface area contributed by atoms with Crippen molar-refractivity contribution in [1.29, 1.82) is 0 Å². The third-order valence-electron chi connectivity index (χ3n) is 3.55. The molecule has 0 saturated heterocycles. The van der Waals surface area contributed by atoms with Gasteiger partial charge in [0, 0.05) is 16.0 Å². The van der Waals surface area contributed by atoms with Crippen LogP contribution in [0.4, 0.5) is 13.2 Å². The molecule has 3 nitrogen and oxygen atoms in total. The summed E-state index contributed by atoms with van der Waals surface area (Å²) in [5, 5.41) is 2.94. The van der Waals surface area contributed by atoms with Gasteiger partial charge in [0.15, 0.2) is 0 Å². The maximum absolute atomic E-state index is 12.4. The number of carbonyl (C=O) groups is 1. The van der Waals surface area contributed by atoms with Crippen LogP contribution in [-0.4, -0.2) is 23.6 Å². The van der Waals surface area contributed by atoms with Gasteiger partial charge in [0.25, 0.3) is 5.91 Å². The van der Waals surface area contributed by atoms with E-state index in [2.05, 4.69) is 4.98 Å². The van der Waals surface area contributed by atoms with E-state index in [-0.39, 0.29) is 5.56 Å². The molecular formula is C18H12ClF3N2O. The molecule has 2 aromatic carbocycles. The van der Waals surface area contributed by atoms with Gasteiger partial charge in [-0.1, -0.05) is 41.9 Å². The standard InChI is InChI=1S/C18H12ClF3N2O/c19-12-7-5-11(6-8-12)16-9-14(17(25)23-10-18(20,21)22)13-3-1-2-4-15(13)24-16/h1-9H,10H2,(H,23,25). The number of rotatable bonds is 3. The second kappa shape index (κ2) is 6.72. The predicted octanol–water partition coefficient (Wildman–Crippen LogP) is 4.85. The maximum atomic E-state index is 12.4. The number of benzene rings is 2. The van der Waals surface area contributed by atoms with Crippen LogP contribution in [0.15, 0.2) is 54.6 Å². The van der Waals surface area contributed by atoms with Crippen LogP contribution >= 0.6 is 11.6 Å². The molecule has 3 rings (SSSR count). The topological polar surface area (TPSA) is 42.0 Å². The van der Waals surface area contributed by atoms with Gasteiger partial charge in [0.1, 0.15) is 6.54 Å². The Morgan fingerprint density at radius 3 is 2.44 bits per heavy atom. The molecule has 1 aromatic heterocycles. The summed E-state index contributed by atoms with van der Waals surface area (Å²) in [6.07, 6.45) is -4.47. The number of aromatic nitrogens is 1. The lowest BCUT2D eigenvalue weighted by Gasteiger charge is -2.12. The third kappa shape index (κ3) is 4.09. The number of para-hydroxylation sites is 1. The molecular weight excluding hydrogens is 353 g/mol. The molecule has 3 aromatic rings. The van der Waals surface area contributed by atoms with Crippen LogP contribution in [0.25, 0.3) is 22.2 Å². The summed E-state index contributed by atoms with van der Waals surface area (Å²) in [5.74, 6) is -0.800. The highest BCUT2D eigenvalue weighted by atomic mass is 35.5.